The minimum atomic E-state index is -4.64. The summed E-state index contributed by atoms with van der Waals surface area (Å²) >= 11 is 0. The Balaban J connectivity index is 2.60. The van der Waals surface area contributed by atoms with Gasteiger partial charge in [-0.2, -0.15) is 18.3 Å². The van der Waals surface area contributed by atoms with E-state index in [1.165, 1.54) is 25.3 Å². The van der Waals surface area contributed by atoms with Gasteiger partial charge in [0.2, 0.25) is 0 Å². The summed E-state index contributed by atoms with van der Waals surface area (Å²) in [5.74, 6) is 0.811. The highest BCUT2D eigenvalue weighted by Crippen LogP contribution is 2.42. The zero-order chi connectivity index (χ0) is 17.9. The molecule has 10 heteroatoms. The number of benzene rings is 1. The summed E-state index contributed by atoms with van der Waals surface area (Å²) in [7, 11) is 5.99. The Hall–Kier alpha value is -2.78. The Morgan fingerprint density at radius 1 is 1.12 bits per heavy atom. The molecule has 0 amide bonds. The number of methoxy groups -OCH3 is 2. The molecule has 2 aromatic rings. The Morgan fingerprint density at radius 3 is 2.33 bits per heavy atom. The lowest BCUT2D eigenvalue weighted by Crippen LogP contribution is -2.06. The molecule has 0 unspecified atom stereocenters. The SMILES string of the molecule is COc1ccc(-c2n[nH]c(C(F)(F)F)c2N=NN(C)C)cc1OC. The maximum atomic E-state index is 13.1. The van der Waals surface area contributed by atoms with Crippen LogP contribution in [0.1, 0.15) is 5.69 Å². The van der Waals surface area contributed by atoms with Crippen molar-refractivity contribution in [3.63, 3.8) is 0 Å². The van der Waals surface area contributed by atoms with Crippen molar-refractivity contribution in [2.45, 2.75) is 6.18 Å². The maximum Gasteiger partial charge on any atom is 0.435 e. The van der Waals surface area contributed by atoms with Crippen LogP contribution < -0.4 is 9.47 Å². The number of nitrogens with one attached hydrogen (secondary N) is 1. The lowest BCUT2D eigenvalue weighted by atomic mass is 10.1. The zero-order valence-corrected chi connectivity index (χ0v) is 13.5. The van der Waals surface area contributed by atoms with Crippen LogP contribution in [-0.4, -0.2) is 43.5 Å². The molecule has 0 aliphatic carbocycles. The predicted molar refractivity (Wildman–Crippen MR) is 80.3 cm³/mol. The first-order chi connectivity index (χ1) is 11.3. The second-order valence-electron chi connectivity index (χ2n) is 4.90. The number of alkyl halides is 3. The van der Waals surface area contributed by atoms with Gasteiger partial charge in [-0.25, -0.2) is 0 Å². The van der Waals surface area contributed by atoms with Crippen molar-refractivity contribution in [3.05, 3.63) is 23.9 Å². The number of aromatic nitrogens is 2. The summed E-state index contributed by atoms with van der Waals surface area (Å²) in [5, 5.41) is 14.3. The number of H-pyrrole nitrogens is 1. The molecular weight excluding hydrogens is 327 g/mol. The van der Waals surface area contributed by atoms with Gasteiger partial charge in [-0.05, 0) is 18.2 Å². The normalized spacial score (nSPS) is 11.8. The van der Waals surface area contributed by atoms with Gasteiger partial charge in [-0.3, -0.25) is 10.1 Å². The number of halogens is 3. The van der Waals surface area contributed by atoms with Gasteiger partial charge in [0.25, 0.3) is 0 Å². The third-order valence-electron chi connectivity index (χ3n) is 3.00. The predicted octanol–water partition coefficient (Wildman–Crippen LogP) is 3.67. The van der Waals surface area contributed by atoms with Gasteiger partial charge in [-0.1, -0.05) is 5.22 Å². The van der Waals surface area contributed by atoms with Gasteiger partial charge in [0.05, 0.1) is 14.2 Å². The molecule has 24 heavy (non-hydrogen) atoms. The second-order valence-corrected chi connectivity index (χ2v) is 4.90. The Kier molecular flexibility index (Phi) is 4.96. The topological polar surface area (TPSA) is 75.1 Å². The number of hydrogen-bond acceptors (Lipinski definition) is 5. The summed E-state index contributed by atoms with van der Waals surface area (Å²) in [6, 6.07) is 4.65. The van der Waals surface area contributed by atoms with E-state index in [2.05, 4.69) is 15.4 Å². The standard InChI is InChI=1S/C14H16F3N5O2/c1-22(2)21-19-12-11(18-20-13(12)14(15,16)17)8-5-6-9(23-3)10(7-8)24-4/h5-7H,1-4H3,(H,18,20). The van der Waals surface area contributed by atoms with E-state index in [1.807, 2.05) is 5.10 Å². The molecule has 0 aliphatic heterocycles. The molecular formula is C14H16F3N5O2. The van der Waals surface area contributed by atoms with Crippen molar-refractivity contribution in [1.82, 2.24) is 15.2 Å². The number of hydrogen-bond donors (Lipinski definition) is 1. The molecule has 1 aromatic carbocycles. The highest BCUT2D eigenvalue weighted by Gasteiger charge is 2.38. The van der Waals surface area contributed by atoms with E-state index in [4.69, 9.17) is 9.47 Å². The van der Waals surface area contributed by atoms with Gasteiger partial charge in [0, 0.05) is 19.7 Å². The third kappa shape index (κ3) is 3.58. The fourth-order valence-corrected chi connectivity index (χ4v) is 1.95. The molecule has 1 N–H and O–H groups in total. The van der Waals surface area contributed by atoms with E-state index >= 15 is 0 Å². The molecule has 0 aliphatic rings. The smallest absolute Gasteiger partial charge is 0.435 e. The Bertz CT molecular complexity index is 740. The van der Waals surface area contributed by atoms with E-state index in [0.717, 1.165) is 0 Å². The maximum absolute atomic E-state index is 13.1. The summed E-state index contributed by atoms with van der Waals surface area (Å²) in [6.07, 6.45) is -4.64. The molecule has 0 bridgehead atoms. The van der Waals surface area contributed by atoms with Crippen molar-refractivity contribution >= 4 is 5.69 Å². The lowest BCUT2D eigenvalue weighted by molar-refractivity contribution is -0.140. The van der Waals surface area contributed by atoms with Crippen LogP contribution >= 0.6 is 0 Å². The average Bonchev–Trinajstić information content (AvgIpc) is 2.96. The van der Waals surface area contributed by atoms with Gasteiger partial charge < -0.3 is 9.47 Å². The molecule has 130 valence electrons. The van der Waals surface area contributed by atoms with Crippen LogP contribution in [-0.2, 0) is 6.18 Å². The molecule has 1 aromatic heterocycles. The number of ether oxygens (including phenoxy) is 2. The molecule has 0 atom stereocenters. The van der Waals surface area contributed by atoms with Gasteiger partial charge in [0.15, 0.2) is 17.2 Å². The van der Waals surface area contributed by atoms with Gasteiger partial charge in [0.1, 0.15) is 11.4 Å². The first-order valence-electron chi connectivity index (χ1n) is 6.74. The number of aromatic amines is 1. The van der Waals surface area contributed by atoms with Crippen LogP contribution in [0.4, 0.5) is 18.9 Å². The molecule has 0 spiro atoms. The van der Waals surface area contributed by atoms with Gasteiger partial charge in [-0.15, -0.1) is 5.11 Å². The largest absolute Gasteiger partial charge is 0.493 e. The summed E-state index contributed by atoms with van der Waals surface area (Å²) in [4.78, 5) is 0. The molecule has 1 heterocycles. The van der Waals surface area contributed by atoms with Crippen LogP contribution in [0.5, 0.6) is 11.5 Å². The molecule has 0 radical (unpaired) electrons. The summed E-state index contributed by atoms with van der Waals surface area (Å²) in [6.45, 7) is 0. The van der Waals surface area contributed by atoms with Crippen LogP contribution in [0.3, 0.4) is 0 Å². The van der Waals surface area contributed by atoms with E-state index < -0.39 is 17.6 Å². The monoisotopic (exact) mass is 343 g/mol. The van der Waals surface area contributed by atoms with E-state index in [1.54, 1.807) is 26.2 Å². The summed E-state index contributed by atoms with van der Waals surface area (Å²) < 4.78 is 49.7. The lowest BCUT2D eigenvalue weighted by Gasteiger charge is -2.09. The molecule has 0 fully saturated rings. The average molecular weight is 343 g/mol. The first kappa shape index (κ1) is 17.6. The highest BCUT2D eigenvalue weighted by atomic mass is 19.4. The fourth-order valence-electron chi connectivity index (χ4n) is 1.95. The van der Waals surface area contributed by atoms with Crippen LogP contribution in [0.15, 0.2) is 28.5 Å². The Morgan fingerprint density at radius 2 is 1.79 bits per heavy atom. The van der Waals surface area contributed by atoms with E-state index in [0.29, 0.717) is 17.1 Å². The Labute approximate surface area is 136 Å². The summed E-state index contributed by atoms with van der Waals surface area (Å²) in [5.41, 5.74) is -1.08. The molecule has 0 saturated carbocycles. The van der Waals surface area contributed by atoms with E-state index in [9.17, 15) is 13.2 Å². The fraction of sp³-hybridized carbons (Fsp3) is 0.357. The van der Waals surface area contributed by atoms with E-state index in [-0.39, 0.29) is 5.69 Å². The minimum absolute atomic E-state index is 0.00822. The highest BCUT2D eigenvalue weighted by molar-refractivity contribution is 5.75. The van der Waals surface area contributed by atoms with Crippen molar-refractivity contribution in [2.24, 2.45) is 10.3 Å². The van der Waals surface area contributed by atoms with Crippen molar-refractivity contribution in [1.29, 1.82) is 0 Å². The van der Waals surface area contributed by atoms with Crippen LogP contribution in [0.2, 0.25) is 0 Å². The third-order valence-corrected chi connectivity index (χ3v) is 3.00. The van der Waals surface area contributed by atoms with Crippen molar-refractivity contribution < 1.29 is 22.6 Å². The second kappa shape index (κ2) is 6.77. The minimum Gasteiger partial charge on any atom is -0.493 e. The molecule has 7 nitrogen and oxygen atoms in total. The van der Waals surface area contributed by atoms with Crippen LogP contribution in [0.25, 0.3) is 11.3 Å². The van der Waals surface area contributed by atoms with Crippen molar-refractivity contribution in [2.75, 3.05) is 28.3 Å². The zero-order valence-electron chi connectivity index (χ0n) is 13.5. The van der Waals surface area contributed by atoms with Crippen LogP contribution in [0, 0.1) is 0 Å². The molecule has 0 saturated heterocycles. The number of rotatable bonds is 5. The van der Waals surface area contributed by atoms with Gasteiger partial charge >= 0.3 is 6.18 Å². The first-order valence-corrected chi connectivity index (χ1v) is 6.74. The molecule has 2 rings (SSSR count). The number of nitrogens with zero attached hydrogens (tertiary/aromatic N) is 4. The van der Waals surface area contributed by atoms with Crippen molar-refractivity contribution in [3.8, 4) is 22.8 Å². The quantitative estimate of drug-likeness (QED) is 0.664.